The zero-order valence-electron chi connectivity index (χ0n) is 15.8. The Morgan fingerprint density at radius 3 is 2.36 bits per heavy atom. The van der Waals surface area contributed by atoms with Crippen LogP contribution in [0.5, 0.6) is 11.5 Å². The van der Waals surface area contributed by atoms with E-state index in [-0.39, 0.29) is 30.9 Å². The molecule has 5 N–H and O–H groups in total. The molecule has 0 aromatic heterocycles. The molecular weight excluding hydrogens is 360 g/mol. The van der Waals surface area contributed by atoms with Crippen LogP contribution in [0.25, 0.3) is 0 Å². The van der Waals surface area contributed by atoms with Gasteiger partial charge in [-0.05, 0) is 72.4 Å². The highest BCUT2D eigenvalue weighted by Crippen LogP contribution is 2.28. The fourth-order valence-corrected chi connectivity index (χ4v) is 3.84. The maximum absolute atomic E-state index is 13.0. The first kappa shape index (κ1) is 19.7. The predicted octanol–water partition coefficient (Wildman–Crippen LogP) is 1.62. The van der Waals surface area contributed by atoms with E-state index in [0.29, 0.717) is 0 Å². The van der Waals surface area contributed by atoms with Crippen molar-refractivity contribution in [2.24, 2.45) is 5.73 Å². The van der Waals surface area contributed by atoms with E-state index in [1.807, 2.05) is 13.8 Å². The molecule has 0 spiro atoms. The van der Waals surface area contributed by atoms with Crippen molar-refractivity contribution in [3.05, 3.63) is 58.1 Å². The Morgan fingerprint density at radius 1 is 1.11 bits per heavy atom. The van der Waals surface area contributed by atoms with Crippen molar-refractivity contribution in [2.75, 3.05) is 0 Å². The number of carbonyl (C=O) groups excluding carboxylic acids is 1. The lowest BCUT2D eigenvalue weighted by molar-refractivity contribution is -0.152. The van der Waals surface area contributed by atoms with Crippen molar-refractivity contribution in [3.8, 4) is 11.5 Å². The van der Waals surface area contributed by atoms with Crippen LogP contribution >= 0.6 is 0 Å². The van der Waals surface area contributed by atoms with Gasteiger partial charge in [0.25, 0.3) is 0 Å². The van der Waals surface area contributed by atoms with E-state index in [2.05, 4.69) is 0 Å². The molecule has 2 aromatic carbocycles. The van der Waals surface area contributed by atoms with Gasteiger partial charge in [0.15, 0.2) is 0 Å². The van der Waals surface area contributed by atoms with Gasteiger partial charge in [-0.15, -0.1) is 0 Å². The zero-order valence-corrected chi connectivity index (χ0v) is 15.8. The molecule has 2 atom stereocenters. The molecule has 0 saturated heterocycles. The number of aliphatic carboxylic acids is 1. The number of carbonyl (C=O) groups is 2. The summed E-state index contributed by atoms with van der Waals surface area (Å²) in [6.45, 7) is 3.75. The van der Waals surface area contributed by atoms with Crippen molar-refractivity contribution in [1.82, 2.24) is 4.90 Å². The molecule has 1 aliphatic rings. The van der Waals surface area contributed by atoms with Crippen LogP contribution in [0.4, 0.5) is 0 Å². The first-order valence-corrected chi connectivity index (χ1v) is 9.06. The molecular formula is C21H24N2O5. The van der Waals surface area contributed by atoms with Gasteiger partial charge in [0.05, 0.1) is 6.04 Å². The third-order valence-electron chi connectivity index (χ3n) is 5.31. The lowest BCUT2D eigenvalue weighted by Crippen LogP contribution is -2.54. The van der Waals surface area contributed by atoms with Crippen molar-refractivity contribution < 1.29 is 24.9 Å². The number of benzene rings is 2. The van der Waals surface area contributed by atoms with Gasteiger partial charge in [-0.25, -0.2) is 4.79 Å². The zero-order chi connectivity index (χ0) is 20.6. The fraction of sp³-hybridized carbons (Fsp3) is 0.333. The van der Waals surface area contributed by atoms with Crippen LogP contribution in [0, 0.1) is 13.8 Å². The Balaban J connectivity index is 1.86. The summed E-state index contributed by atoms with van der Waals surface area (Å²) in [5, 5.41) is 29.0. The lowest BCUT2D eigenvalue weighted by Gasteiger charge is -2.36. The standard InChI is InChI=1S/C21H24N2O5/c1-11-5-16(25)6-12(2)17(11)9-18(22)20(26)23-10-14-7-15(24)4-3-13(14)8-19(23)21(27)28/h3-7,18-19,24-25H,8-10,22H2,1-2H3,(H,27,28). The molecule has 1 aliphatic heterocycles. The van der Waals surface area contributed by atoms with Crippen molar-refractivity contribution >= 4 is 11.9 Å². The second kappa shape index (κ2) is 7.52. The molecule has 1 heterocycles. The van der Waals surface area contributed by atoms with Gasteiger partial charge >= 0.3 is 5.97 Å². The van der Waals surface area contributed by atoms with Gasteiger partial charge in [0.2, 0.25) is 5.91 Å². The highest BCUT2D eigenvalue weighted by molar-refractivity contribution is 5.88. The summed E-state index contributed by atoms with van der Waals surface area (Å²) >= 11 is 0. The first-order valence-electron chi connectivity index (χ1n) is 9.06. The average Bonchev–Trinajstić information content (AvgIpc) is 2.62. The molecule has 0 radical (unpaired) electrons. The summed E-state index contributed by atoms with van der Waals surface area (Å²) < 4.78 is 0. The predicted molar refractivity (Wildman–Crippen MR) is 103 cm³/mol. The summed E-state index contributed by atoms with van der Waals surface area (Å²) in [4.78, 5) is 26.1. The van der Waals surface area contributed by atoms with Crippen LogP contribution in [-0.2, 0) is 29.0 Å². The minimum absolute atomic E-state index is 0.0690. The van der Waals surface area contributed by atoms with E-state index < -0.39 is 24.0 Å². The fourth-order valence-electron chi connectivity index (χ4n) is 3.84. The maximum Gasteiger partial charge on any atom is 0.326 e. The lowest BCUT2D eigenvalue weighted by atomic mass is 9.91. The number of aromatic hydroxyl groups is 2. The topological polar surface area (TPSA) is 124 Å². The summed E-state index contributed by atoms with van der Waals surface area (Å²) in [6.07, 6.45) is 0.410. The summed E-state index contributed by atoms with van der Waals surface area (Å²) in [7, 11) is 0. The van der Waals surface area contributed by atoms with Crippen molar-refractivity contribution in [1.29, 1.82) is 0 Å². The second-order valence-corrected chi connectivity index (χ2v) is 7.35. The van der Waals surface area contributed by atoms with E-state index in [9.17, 15) is 24.9 Å². The quantitative estimate of drug-likeness (QED) is 0.635. The van der Waals surface area contributed by atoms with Crippen LogP contribution in [-0.4, -0.2) is 44.2 Å². The molecule has 3 rings (SSSR count). The van der Waals surface area contributed by atoms with Gasteiger partial charge in [0, 0.05) is 13.0 Å². The van der Waals surface area contributed by atoms with Gasteiger partial charge in [0.1, 0.15) is 17.5 Å². The Bertz CT molecular complexity index is 917. The first-order chi connectivity index (χ1) is 13.2. The third-order valence-corrected chi connectivity index (χ3v) is 5.31. The molecule has 7 nitrogen and oxygen atoms in total. The Morgan fingerprint density at radius 2 is 1.75 bits per heavy atom. The highest BCUT2D eigenvalue weighted by Gasteiger charge is 2.36. The van der Waals surface area contributed by atoms with Crippen molar-refractivity contribution in [3.63, 3.8) is 0 Å². The van der Waals surface area contributed by atoms with Gasteiger partial charge in [-0.3, -0.25) is 4.79 Å². The Labute approximate surface area is 163 Å². The normalized spacial score (nSPS) is 17.1. The van der Waals surface area contributed by atoms with Gasteiger partial charge < -0.3 is 26.0 Å². The molecule has 28 heavy (non-hydrogen) atoms. The minimum Gasteiger partial charge on any atom is -0.508 e. The number of nitrogens with zero attached hydrogens (tertiary/aromatic N) is 1. The SMILES string of the molecule is Cc1cc(O)cc(C)c1CC(N)C(=O)N1Cc2cc(O)ccc2CC1C(=O)O. The van der Waals surface area contributed by atoms with E-state index in [1.54, 1.807) is 24.3 Å². The Kier molecular flexibility index (Phi) is 5.29. The second-order valence-electron chi connectivity index (χ2n) is 7.35. The van der Waals surface area contributed by atoms with E-state index in [1.165, 1.54) is 11.0 Å². The summed E-state index contributed by atoms with van der Waals surface area (Å²) in [5.41, 5.74) is 10.2. The number of amides is 1. The average molecular weight is 384 g/mol. The molecule has 0 bridgehead atoms. The van der Waals surface area contributed by atoms with Crippen LogP contribution < -0.4 is 5.73 Å². The number of nitrogens with two attached hydrogens (primary N) is 1. The number of hydrogen-bond acceptors (Lipinski definition) is 5. The summed E-state index contributed by atoms with van der Waals surface area (Å²) in [5.74, 6) is -1.32. The third kappa shape index (κ3) is 3.80. The number of phenols is 2. The number of phenolic OH excluding ortho intramolecular Hbond substituents is 2. The molecule has 1 amide bonds. The highest BCUT2D eigenvalue weighted by atomic mass is 16.4. The molecule has 2 unspecified atom stereocenters. The molecule has 0 aliphatic carbocycles. The van der Waals surface area contributed by atoms with Crippen LogP contribution in [0.1, 0.15) is 27.8 Å². The van der Waals surface area contributed by atoms with E-state index >= 15 is 0 Å². The van der Waals surface area contributed by atoms with Gasteiger partial charge in [-0.1, -0.05) is 6.07 Å². The van der Waals surface area contributed by atoms with E-state index in [0.717, 1.165) is 27.8 Å². The summed E-state index contributed by atoms with van der Waals surface area (Å²) in [6, 6.07) is 6.05. The molecule has 0 fully saturated rings. The van der Waals surface area contributed by atoms with Crippen LogP contribution in [0.15, 0.2) is 30.3 Å². The number of hydrogen-bond donors (Lipinski definition) is 4. The largest absolute Gasteiger partial charge is 0.508 e. The monoisotopic (exact) mass is 384 g/mol. The number of rotatable bonds is 4. The number of carboxylic acid groups (broad SMARTS) is 1. The molecule has 2 aromatic rings. The van der Waals surface area contributed by atoms with E-state index in [4.69, 9.17) is 5.73 Å². The minimum atomic E-state index is -1.09. The maximum atomic E-state index is 13.0. The Hall–Kier alpha value is -3.06. The van der Waals surface area contributed by atoms with Crippen LogP contribution in [0.3, 0.4) is 0 Å². The number of fused-ring (bicyclic) bond motifs is 1. The smallest absolute Gasteiger partial charge is 0.326 e. The number of aryl methyl sites for hydroxylation is 2. The van der Waals surface area contributed by atoms with Crippen LogP contribution in [0.2, 0.25) is 0 Å². The molecule has 0 saturated carbocycles. The van der Waals surface area contributed by atoms with Gasteiger partial charge in [-0.2, -0.15) is 0 Å². The molecule has 148 valence electrons. The molecule has 7 heteroatoms. The van der Waals surface area contributed by atoms with Crippen molar-refractivity contribution in [2.45, 2.75) is 45.3 Å². The number of carboxylic acids is 1.